The highest BCUT2D eigenvalue weighted by Crippen LogP contribution is 2.40. The van der Waals surface area contributed by atoms with Gasteiger partial charge < -0.3 is 9.84 Å². The van der Waals surface area contributed by atoms with E-state index in [0.717, 1.165) is 22.5 Å². The molecular formula is C26H22ClF4NO4S. The third kappa shape index (κ3) is 5.46. The fourth-order valence-electron chi connectivity index (χ4n) is 4.02. The number of anilines is 1. The van der Waals surface area contributed by atoms with Gasteiger partial charge in [0.1, 0.15) is 17.7 Å². The number of aliphatic hydroxyl groups is 1. The summed E-state index contributed by atoms with van der Waals surface area (Å²) in [6.07, 6.45) is -5.17. The molecule has 0 spiro atoms. The smallest absolute Gasteiger partial charge is 0.416 e. The number of alkyl halides is 3. The van der Waals surface area contributed by atoms with Crippen molar-refractivity contribution < 1.29 is 35.8 Å². The Morgan fingerprint density at radius 3 is 2.51 bits per heavy atom. The lowest BCUT2D eigenvalue weighted by atomic mass is 10.0. The molecular weight excluding hydrogens is 534 g/mol. The number of halogens is 5. The molecule has 0 aromatic heterocycles. The predicted octanol–water partition coefficient (Wildman–Crippen LogP) is 6.40. The van der Waals surface area contributed by atoms with Crippen LogP contribution in [-0.4, -0.2) is 32.3 Å². The number of nitrogens with zero attached hydrogens (tertiary/aromatic N) is 1. The number of ether oxygens (including phenoxy) is 1. The highest BCUT2D eigenvalue weighted by Gasteiger charge is 2.38. The standard InChI is InChI=1S/C26H22ClF4NO4S/c1-15(25-20(27)7-4-8-21(25)28)11-17-9-10-23-22(12-17)32(14-24(36-23)16(2)33)37(34,35)19-6-3-5-18(13-19)26(29,30)31/h3-13,16,24,33H,14H2,1-2H3/b15-11+/t16-,24?/m1/s1. The van der Waals surface area contributed by atoms with E-state index >= 15 is 0 Å². The second-order valence-electron chi connectivity index (χ2n) is 8.61. The topological polar surface area (TPSA) is 66.8 Å². The molecule has 3 aromatic carbocycles. The van der Waals surface area contributed by atoms with E-state index in [0.29, 0.717) is 17.2 Å². The molecule has 1 aliphatic rings. The van der Waals surface area contributed by atoms with Crippen molar-refractivity contribution in [2.75, 3.05) is 10.8 Å². The minimum absolute atomic E-state index is 0.0653. The van der Waals surface area contributed by atoms with E-state index in [9.17, 15) is 31.1 Å². The maximum Gasteiger partial charge on any atom is 0.416 e. The van der Waals surface area contributed by atoms with Crippen LogP contribution in [-0.2, 0) is 16.2 Å². The number of hydrogen-bond donors (Lipinski definition) is 1. The van der Waals surface area contributed by atoms with E-state index in [-0.39, 0.29) is 28.6 Å². The summed E-state index contributed by atoms with van der Waals surface area (Å²) in [7, 11) is -4.50. The van der Waals surface area contributed by atoms with Gasteiger partial charge in [0.2, 0.25) is 0 Å². The first kappa shape index (κ1) is 27.0. The quantitative estimate of drug-likeness (QED) is 0.292. The van der Waals surface area contributed by atoms with Gasteiger partial charge in [-0.2, -0.15) is 13.2 Å². The Bertz CT molecular complexity index is 1450. The molecule has 1 N–H and O–H groups in total. The van der Waals surface area contributed by atoms with E-state index in [1.54, 1.807) is 19.1 Å². The zero-order valence-corrected chi connectivity index (χ0v) is 21.2. The van der Waals surface area contributed by atoms with Crippen LogP contribution < -0.4 is 9.04 Å². The zero-order valence-electron chi connectivity index (χ0n) is 19.6. The normalized spacial score (nSPS) is 17.2. The zero-order chi connectivity index (χ0) is 27.1. The van der Waals surface area contributed by atoms with Crippen LogP contribution in [0.5, 0.6) is 5.75 Å². The lowest BCUT2D eigenvalue weighted by Gasteiger charge is -2.36. The van der Waals surface area contributed by atoms with Crippen LogP contribution >= 0.6 is 11.6 Å². The molecule has 2 atom stereocenters. The predicted molar refractivity (Wildman–Crippen MR) is 133 cm³/mol. The number of fused-ring (bicyclic) bond motifs is 1. The van der Waals surface area contributed by atoms with Crippen molar-refractivity contribution in [2.24, 2.45) is 0 Å². The van der Waals surface area contributed by atoms with E-state index in [1.165, 1.54) is 37.3 Å². The highest BCUT2D eigenvalue weighted by atomic mass is 35.5. The van der Waals surface area contributed by atoms with Gasteiger partial charge in [-0.15, -0.1) is 0 Å². The molecule has 0 radical (unpaired) electrons. The molecule has 0 saturated heterocycles. The number of sulfonamides is 1. The number of hydrogen-bond acceptors (Lipinski definition) is 4. The van der Waals surface area contributed by atoms with Crippen molar-refractivity contribution in [1.82, 2.24) is 0 Å². The summed E-state index contributed by atoms with van der Waals surface area (Å²) in [5, 5.41) is 10.3. The van der Waals surface area contributed by atoms with E-state index < -0.39 is 44.7 Å². The molecule has 0 saturated carbocycles. The average molecular weight is 556 g/mol. The second kappa shape index (κ2) is 10.00. The van der Waals surface area contributed by atoms with Crippen molar-refractivity contribution >= 4 is 39.0 Å². The van der Waals surface area contributed by atoms with Crippen LogP contribution in [0.2, 0.25) is 5.02 Å². The van der Waals surface area contributed by atoms with Gasteiger partial charge >= 0.3 is 6.18 Å². The summed E-state index contributed by atoms with van der Waals surface area (Å²) in [5.74, 6) is -0.414. The van der Waals surface area contributed by atoms with Gasteiger partial charge in [-0.05, 0) is 67.4 Å². The maximum absolute atomic E-state index is 14.4. The second-order valence-corrected chi connectivity index (χ2v) is 10.9. The van der Waals surface area contributed by atoms with Crippen molar-refractivity contribution in [2.45, 2.75) is 37.1 Å². The number of allylic oxidation sites excluding steroid dienone is 1. The van der Waals surface area contributed by atoms with Gasteiger partial charge in [0.25, 0.3) is 10.0 Å². The number of benzene rings is 3. The Morgan fingerprint density at radius 2 is 1.86 bits per heavy atom. The van der Waals surface area contributed by atoms with E-state index in [1.807, 2.05) is 0 Å². The SMILES string of the molecule is C/C(=C\c1ccc2c(c1)N(S(=O)(=O)c1cccc(C(F)(F)F)c1)CC([C@@H](C)O)O2)c1c(F)cccc1Cl. The molecule has 11 heteroatoms. The lowest BCUT2D eigenvalue weighted by Crippen LogP contribution is -2.47. The molecule has 0 amide bonds. The van der Waals surface area contributed by atoms with Crippen molar-refractivity contribution in [1.29, 1.82) is 0 Å². The van der Waals surface area contributed by atoms with Crippen molar-refractivity contribution in [3.05, 3.63) is 88.2 Å². The van der Waals surface area contributed by atoms with E-state index in [2.05, 4.69) is 0 Å². The van der Waals surface area contributed by atoms with Gasteiger partial charge in [-0.25, -0.2) is 12.8 Å². The highest BCUT2D eigenvalue weighted by molar-refractivity contribution is 7.92. The first-order chi connectivity index (χ1) is 17.3. The van der Waals surface area contributed by atoms with Gasteiger partial charge in [0.15, 0.2) is 0 Å². The van der Waals surface area contributed by atoms with Crippen LogP contribution in [0.15, 0.2) is 65.6 Å². The summed E-state index contributed by atoms with van der Waals surface area (Å²) in [5.41, 5.74) is 0.0762. The van der Waals surface area contributed by atoms with Crippen LogP contribution in [0.1, 0.15) is 30.5 Å². The molecule has 1 heterocycles. The molecule has 0 fully saturated rings. The Balaban J connectivity index is 1.82. The van der Waals surface area contributed by atoms with Crippen LogP contribution in [0, 0.1) is 5.82 Å². The summed E-state index contributed by atoms with van der Waals surface area (Å²) in [6.45, 7) is 2.72. The monoisotopic (exact) mass is 555 g/mol. The Morgan fingerprint density at radius 1 is 1.16 bits per heavy atom. The summed E-state index contributed by atoms with van der Waals surface area (Å²) < 4.78 is 88.1. The first-order valence-electron chi connectivity index (χ1n) is 11.1. The van der Waals surface area contributed by atoms with Crippen molar-refractivity contribution in [3.63, 3.8) is 0 Å². The molecule has 1 aliphatic heterocycles. The lowest BCUT2D eigenvalue weighted by molar-refractivity contribution is -0.137. The van der Waals surface area contributed by atoms with E-state index in [4.69, 9.17) is 16.3 Å². The third-order valence-electron chi connectivity index (χ3n) is 5.90. The minimum Gasteiger partial charge on any atom is -0.484 e. The van der Waals surface area contributed by atoms with Crippen molar-refractivity contribution in [3.8, 4) is 5.75 Å². The van der Waals surface area contributed by atoms with Gasteiger partial charge in [-0.1, -0.05) is 35.9 Å². The molecule has 5 nitrogen and oxygen atoms in total. The Hall–Kier alpha value is -3.08. The van der Waals surface area contributed by atoms with Crippen LogP contribution in [0.3, 0.4) is 0 Å². The molecule has 1 unspecified atom stereocenters. The maximum atomic E-state index is 14.4. The van der Waals surface area contributed by atoms with Crippen LogP contribution in [0.4, 0.5) is 23.2 Å². The van der Waals surface area contributed by atoms with Gasteiger partial charge in [0.05, 0.1) is 33.8 Å². The average Bonchev–Trinajstić information content (AvgIpc) is 2.82. The fraction of sp³-hybridized carbons (Fsp3) is 0.231. The minimum atomic E-state index is -4.74. The number of aliphatic hydroxyl groups excluding tert-OH is 1. The Kier molecular flexibility index (Phi) is 7.29. The molecule has 0 aliphatic carbocycles. The molecule has 4 rings (SSSR count). The Labute approximate surface area is 216 Å². The molecule has 3 aromatic rings. The number of rotatable bonds is 5. The fourth-order valence-corrected chi connectivity index (χ4v) is 5.85. The van der Waals surface area contributed by atoms with Crippen LogP contribution in [0.25, 0.3) is 11.6 Å². The largest absolute Gasteiger partial charge is 0.484 e. The summed E-state index contributed by atoms with van der Waals surface area (Å²) in [6, 6.07) is 12.3. The van der Waals surface area contributed by atoms with Gasteiger partial charge in [0, 0.05) is 5.56 Å². The molecule has 37 heavy (non-hydrogen) atoms. The summed E-state index contributed by atoms with van der Waals surface area (Å²) in [4.78, 5) is -0.560. The third-order valence-corrected chi connectivity index (χ3v) is 7.99. The first-order valence-corrected chi connectivity index (χ1v) is 12.9. The van der Waals surface area contributed by atoms with Gasteiger partial charge in [-0.3, -0.25) is 4.31 Å². The molecule has 0 bridgehead atoms. The summed E-state index contributed by atoms with van der Waals surface area (Å²) >= 11 is 6.16. The molecule has 196 valence electrons.